The van der Waals surface area contributed by atoms with Gasteiger partial charge in [0.2, 0.25) is 0 Å². The van der Waals surface area contributed by atoms with Crippen molar-refractivity contribution in [1.82, 2.24) is 20.1 Å². The topological polar surface area (TPSA) is 63.1 Å². The van der Waals surface area contributed by atoms with Crippen molar-refractivity contribution in [3.63, 3.8) is 0 Å². The van der Waals surface area contributed by atoms with E-state index in [9.17, 15) is 4.79 Å². The number of anilines is 1. The zero-order chi connectivity index (χ0) is 18.4. The molecular formula is C20H29N5O. The van der Waals surface area contributed by atoms with Gasteiger partial charge in [-0.05, 0) is 37.8 Å². The van der Waals surface area contributed by atoms with Crippen molar-refractivity contribution in [3.8, 4) is 0 Å². The van der Waals surface area contributed by atoms with Gasteiger partial charge in [-0.1, -0.05) is 38.0 Å². The zero-order valence-electron chi connectivity index (χ0n) is 15.9. The SMILES string of the molecule is CCCCNC(=O)N(Cc1nnc2n1CCCCC2)c1ccccc1C. The number of unbranched alkanes of at least 4 members (excludes halogenated alkanes) is 1. The number of hydrogen-bond donors (Lipinski definition) is 1. The molecule has 26 heavy (non-hydrogen) atoms. The lowest BCUT2D eigenvalue weighted by Crippen LogP contribution is -2.41. The highest BCUT2D eigenvalue weighted by atomic mass is 16.2. The number of aromatic nitrogens is 3. The summed E-state index contributed by atoms with van der Waals surface area (Å²) < 4.78 is 2.21. The van der Waals surface area contributed by atoms with Crippen molar-refractivity contribution < 1.29 is 4.79 Å². The fourth-order valence-electron chi connectivity index (χ4n) is 3.40. The van der Waals surface area contributed by atoms with Crippen LogP contribution in [0, 0.1) is 6.92 Å². The fourth-order valence-corrected chi connectivity index (χ4v) is 3.40. The second-order valence-corrected chi connectivity index (χ2v) is 6.95. The maximum Gasteiger partial charge on any atom is 0.322 e. The molecule has 0 saturated carbocycles. The van der Waals surface area contributed by atoms with Gasteiger partial charge in [0, 0.05) is 25.2 Å². The largest absolute Gasteiger partial charge is 0.338 e. The molecule has 3 rings (SSSR count). The van der Waals surface area contributed by atoms with Gasteiger partial charge in [0.05, 0.1) is 6.54 Å². The van der Waals surface area contributed by atoms with Crippen LogP contribution in [0.4, 0.5) is 10.5 Å². The standard InChI is InChI=1S/C20H29N5O/c1-3-4-13-21-20(26)25(17-11-8-7-10-16(17)2)15-19-23-22-18-12-6-5-9-14-24(18)19/h7-8,10-11H,3-6,9,12-15H2,1-2H3,(H,21,26). The molecule has 1 aliphatic heterocycles. The first-order chi connectivity index (χ1) is 12.7. The summed E-state index contributed by atoms with van der Waals surface area (Å²) in [5, 5.41) is 11.8. The number of para-hydroxylation sites is 1. The normalized spacial score (nSPS) is 13.8. The lowest BCUT2D eigenvalue weighted by atomic mass is 10.2. The second-order valence-electron chi connectivity index (χ2n) is 6.95. The Bertz CT molecular complexity index is 740. The van der Waals surface area contributed by atoms with Gasteiger partial charge in [-0.15, -0.1) is 10.2 Å². The predicted molar refractivity (Wildman–Crippen MR) is 103 cm³/mol. The lowest BCUT2D eigenvalue weighted by Gasteiger charge is -2.25. The Morgan fingerprint density at radius 2 is 2.08 bits per heavy atom. The predicted octanol–water partition coefficient (Wildman–Crippen LogP) is 3.83. The van der Waals surface area contributed by atoms with Crippen LogP contribution in [-0.4, -0.2) is 27.3 Å². The van der Waals surface area contributed by atoms with Gasteiger partial charge in [-0.2, -0.15) is 0 Å². The Hall–Kier alpha value is -2.37. The van der Waals surface area contributed by atoms with Crippen LogP contribution in [0.3, 0.4) is 0 Å². The Labute approximate surface area is 155 Å². The van der Waals surface area contributed by atoms with E-state index in [1.165, 1.54) is 6.42 Å². The minimum atomic E-state index is -0.0706. The number of rotatable bonds is 6. The number of nitrogens with one attached hydrogen (secondary N) is 1. The van der Waals surface area contributed by atoms with Gasteiger partial charge < -0.3 is 9.88 Å². The monoisotopic (exact) mass is 355 g/mol. The van der Waals surface area contributed by atoms with Gasteiger partial charge in [0.15, 0.2) is 5.82 Å². The van der Waals surface area contributed by atoms with E-state index in [-0.39, 0.29) is 6.03 Å². The van der Waals surface area contributed by atoms with E-state index >= 15 is 0 Å². The van der Waals surface area contributed by atoms with Crippen LogP contribution in [-0.2, 0) is 19.5 Å². The van der Waals surface area contributed by atoms with Crippen molar-refractivity contribution in [3.05, 3.63) is 41.5 Å². The van der Waals surface area contributed by atoms with Crippen molar-refractivity contribution in [1.29, 1.82) is 0 Å². The summed E-state index contributed by atoms with van der Waals surface area (Å²) in [5.41, 5.74) is 2.00. The Kier molecular flexibility index (Phi) is 6.26. The smallest absolute Gasteiger partial charge is 0.322 e. The summed E-state index contributed by atoms with van der Waals surface area (Å²) >= 11 is 0. The third-order valence-corrected chi connectivity index (χ3v) is 4.94. The van der Waals surface area contributed by atoms with Crippen LogP contribution in [0.1, 0.15) is 56.2 Å². The molecule has 2 aromatic rings. The van der Waals surface area contributed by atoms with Gasteiger partial charge in [0.1, 0.15) is 5.82 Å². The summed E-state index contributed by atoms with van der Waals surface area (Å²) in [4.78, 5) is 14.7. The highest BCUT2D eigenvalue weighted by Gasteiger charge is 2.22. The second kappa shape index (κ2) is 8.83. The van der Waals surface area contributed by atoms with Gasteiger partial charge >= 0.3 is 6.03 Å². The van der Waals surface area contributed by atoms with Gasteiger partial charge in [-0.3, -0.25) is 4.90 Å². The third kappa shape index (κ3) is 4.23. The highest BCUT2D eigenvalue weighted by molar-refractivity contribution is 5.92. The molecule has 0 spiro atoms. The molecule has 0 aliphatic carbocycles. The minimum absolute atomic E-state index is 0.0706. The molecule has 1 aromatic carbocycles. The Morgan fingerprint density at radius 3 is 2.88 bits per heavy atom. The van der Waals surface area contributed by atoms with Crippen molar-refractivity contribution in [2.75, 3.05) is 11.4 Å². The number of benzene rings is 1. The van der Waals surface area contributed by atoms with E-state index in [1.54, 1.807) is 4.90 Å². The summed E-state index contributed by atoms with van der Waals surface area (Å²) in [6, 6.07) is 7.92. The molecule has 2 amide bonds. The van der Waals surface area contributed by atoms with Crippen LogP contribution in [0.25, 0.3) is 0 Å². The van der Waals surface area contributed by atoms with E-state index in [4.69, 9.17) is 0 Å². The van der Waals surface area contributed by atoms with Gasteiger partial charge in [-0.25, -0.2) is 4.79 Å². The number of hydrogen-bond acceptors (Lipinski definition) is 3. The van der Waals surface area contributed by atoms with Crippen molar-refractivity contribution in [2.24, 2.45) is 0 Å². The number of fused-ring (bicyclic) bond motifs is 1. The first kappa shape index (κ1) is 18.4. The molecule has 0 fully saturated rings. The Morgan fingerprint density at radius 1 is 1.23 bits per heavy atom. The van der Waals surface area contributed by atoms with Crippen LogP contribution < -0.4 is 10.2 Å². The van der Waals surface area contributed by atoms with E-state index in [1.807, 2.05) is 31.2 Å². The molecule has 1 aliphatic rings. The summed E-state index contributed by atoms with van der Waals surface area (Å²) in [6.45, 7) is 6.23. The molecule has 140 valence electrons. The summed E-state index contributed by atoms with van der Waals surface area (Å²) in [6.07, 6.45) is 6.54. The lowest BCUT2D eigenvalue weighted by molar-refractivity contribution is 0.245. The molecule has 1 aromatic heterocycles. The van der Waals surface area contributed by atoms with E-state index in [0.29, 0.717) is 13.1 Å². The number of amides is 2. The molecule has 0 bridgehead atoms. The van der Waals surface area contributed by atoms with Crippen molar-refractivity contribution >= 4 is 11.7 Å². The number of urea groups is 1. The number of aryl methyl sites for hydroxylation is 2. The van der Waals surface area contributed by atoms with Gasteiger partial charge in [0.25, 0.3) is 0 Å². The van der Waals surface area contributed by atoms with Crippen molar-refractivity contribution in [2.45, 2.75) is 65.5 Å². The van der Waals surface area contributed by atoms with E-state index < -0.39 is 0 Å². The van der Waals surface area contributed by atoms with Crippen LogP contribution in [0.2, 0.25) is 0 Å². The maximum atomic E-state index is 12.9. The quantitative estimate of drug-likeness (QED) is 0.801. The number of nitrogens with zero attached hydrogens (tertiary/aromatic N) is 4. The Balaban J connectivity index is 1.85. The first-order valence-corrected chi connectivity index (χ1v) is 9.72. The summed E-state index contributed by atoms with van der Waals surface area (Å²) in [5.74, 6) is 1.92. The molecule has 6 heteroatoms. The molecule has 2 heterocycles. The molecule has 0 saturated heterocycles. The molecule has 0 radical (unpaired) electrons. The zero-order valence-corrected chi connectivity index (χ0v) is 15.9. The highest BCUT2D eigenvalue weighted by Crippen LogP contribution is 2.23. The summed E-state index contributed by atoms with van der Waals surface area (Å²) in [7, 11) is 0. The third-order valence-electron chi connectivity index (χ3n) is 4.94. The molecule has 0 atom stereocenters. The molecule has 0 unspecified atom stereocenters. The maximum absolute atomic E-state index is 12.9. The minimum Gasteiger partial charge on any atom is -0.338 e. The number of carbonyl (C=O) groups excluding carboxylic acids is 1. The van der Waals surface area contributed by atoms with Crippen LogP contribution >= 0.6 is 0 Å². The average molecular weight is 355 g/mol. The van der Waals surface area contributed by atoms with E-state index in [2.05, 4.69) is 27.0 Å². The van der Waals surface area contributed by atoms with Crippen LogP contribution in [0.5, 0.6) is 0 Å². The number of carbonyl (C=O) groups is 1. The van der Waals surface area contributed by atoms with Crippen LogP contribution in [0.15, 0.2) is 24.3 Å². The average Bonchev–Trinajstić information content (AvgIpc) is 2.87. The molecule has 1 N–H and O–H groups in total. The molecular weight excluding hydrogens is 326 g/mol. The molecule has 6 nitrogen and oxygen atoms in total. The first-order valence-electron chi connectivity index (χ1n) is 9.72. The fraction of sp³-hybridized carbons (Fsp3) is 0.550. The van der Waals surface area contributed by atoms with E-state index in [0.717, 1.165) is 61.5 Å².